The van der Waals surface area contributed by atoms with Crippen LogP contribution in [0.3, 0.4) is 0 Å². The number of ether oxygens (including phenoxy) is 1. The van der Waals surface area contributed by atoms with Gasteiger partial charge in [-0.15, -0.1) is 0 Å². The number of nitrogens with one attached hydrogen (secondary N) is 1. The molecule has 20 heavy (non-hydrogen) atoms. The quantitative estimate of drug-likeness (QED) is 0.653. The lowest BCUT2D eigenvalue weighted by atomic mass is 10.2. The van der Waals surface area contributed by atoms with Crippen LogP contribution in [-0.4, -0.2) is 5.84 Å². The van der Waals surface area contributed by atoms with Crippen LogP contribution < -0.4 is 10.5 Å². The highest BCUT2D eigenvalue weighted by atomic mass is 35.5. The van der Waals surface area contributed by atoms with Crippen molar-refractivity contribution in [1.82, 2.24) is 0 Å². The number of nitrogens with two attached hydrogens (primary N) is 1. The van der Waals surface area contributed by atoms with E-state index in [0.717, 1.165) is 12.1 Å². The summed E-state index contributed by atoms with van der Waals surface area (Å²) in [5, 5.41) is 7.61. The highest BCUT2D eigenvalue weighted by Gasteiger charge is 2.16. The molecule has 0 unspecified atom stereocenters. The van der Waals surface area contributed by atoms with Crippen molar-refractivity contribution in [2.75, 3.05) is 0 Å². The molecule has 3 nitrogen and oxygen atoms in total. The fourth-order valence-electron chi connectivity index (χ4n) is 1.48. The second-order valence-electron chi connectivity index (χ2n) is 3.86. The SMILES string of the molecule is N=C(N)c1cc(F)c(Oc2cc(Cl)ccc2Cl)c(F)c1. The first-order valence-electron chi connectivity index (χ1n) is 5.35. The standard InChI is InChI=1S/C13H8Cl2F2N2O/c14-7-1-2-8(15)11(5-7)20-12-9(16)3-6(13(18)19)4-10(12)17/h1-5H,(H3,18,19). The first kappa shape index (κ1) is 14.6. The van der Waals surface area contributed by atoms with Crippen molar-refractivity contribution >= 4 is 29.0 Å². The zero-order valence-electron chi connectivity index (χ0n) is 9.88. The van der Waals surface area contributed by atoms with Crippen LogP contribution in [-0.2, 0) is 0 Å². The monoisotopic (exact) mass is 316 g/mol. The number of hydrogen-bond donors (Lipinski definition) is 2. The van der Waals surface area contributed by atoms with Gasteiger partial charge >= 0.3 is 0 Å². The topological polar surface area (TPSA) is 59.1 Å². The molecular weight excluding hydrogens is 309 g/mol. The Bertz CT molecular complexity index is 669. The molecule has 3 N–H and O–H groups in total. The summed E-state index contributed by atoms with van der Waals surface area (Å²) in [5.41, 5.74) is 5.09. The summed E-state index contributed by atoms with van der Waals surface area (Å²) < 4.78 is 32.7. The van der Waals surface area contributed by atoms with Gasteiger partial charge in [-0.2, -0.15) is 0 Å². The van der Waals surface area contributed by atoms with Crippen molar-refractivity contribution in [2.24, 2.45) is 5.73 Å². The normalized spacial score (nSPS) is 10.4. The second-order valence-corrected chi connectivity index (χ2v) is 4.70. The van der Waals surface area contributed by atoms with E-state index >= 15 is 0 Å². The van der Waals surface area contributed by atoms with Crippen LogP contribution in [0.1, 0.15) is 5.56 Å². The van der Waals surface area contributed by atoms with E-state index in [1.807, 2.05) is 0 Å². The van der Waals surface area contributed by atoms with Crippen LogP contribution in [0.4, 0.5) is 8.78 Å². The van der Waals surface area contributed by atoms with E-state index in [-0.39, 0.29) is 16.3 Å². The molecule has 0 saturated heterocycles. The number of amidine groups is 1. The Labute approximate surface area is 123 Å². The number of hydrogen-bond acceptors (Lipinski definition) is 2. The van der Waals surface area contributed by atoms with Crippen molar-refractivity contribution in [3.05, 3.63) is 57.6 Å². The Kier molecular flexibility index (Phi) is 4.11. The Balaban J connectivity index is 2.44. The van der Waals surface area contributed by atoms with E-state index in [1.165, 1.54) is 18.2 Å². The molecule has 0 heterocycles. The van der Waals surface area contributed by atoms with E-state index < -0.39 is 23.2 Å². The van der Waals surface area contributed by atoms with Crippen LogP contribution in [0.2, 0.25) is 10.0 Å². The number of halogens is 4. The predicted octanol–water partition coefficient (Wildman–Crippen LogP) is 4.35. The molecule has 0 aliphatic carbocycles. The van der Waals surface area contributed by atoms with Crippen molar-refractivity contribution in [3.63, 3.8) is 0 Å². The molecule has 0 bridgehead atoms. The lowest BCUT2D eigenvalue weighted by Crippen LogP contribution is -2.12. The van der Waals surface area contributed by atoms with Gasteiger partial charge in [0.2, 0.25) is 0 Å². The fraction of sp³-hybridized carbons (Fsp3) is 0. The van der Waals surface area contributed by atoms with E-state index in [2.05, 4.69) is 0 Å². The van der Waals surface area contributed by atoms with Gasteiger partial charge in [-0.3, -0.25) is 5.41 Å². The van der Waals surface area contributed by atoms with Gasteiger partial charge in [-0.1, -0.05) is 23.2 Å². The minimum atomic E-state index is -0.994. The first-order chi connectivity index (χ1) is 9.38. The van der Waals surface area contributed by atoms with E-state index in [1.54, 1.807) is 0 Å². The molecule has 0 saturated carbocycles. The highest BCUT2D eigenvalue weighted by molar-refractivity contribution is 6.34. The van der Waals surface area contributed by atoms with Crippen molar-refractivity contribution < 1.29 is 13.5 Å². The van der Waals surface area contributed by atoms with Crippen LogP contribution in [0.5, 0.6) is 11.5 Å². The minimum Gasteiger partial charge on any atom is -0.450 e. The molecule has 2 rings (SSSR count). The maximum atomic E-state index is 13.8. The van der Waals surface area contributed by atoms with Gasteiger partial charge in [0.25, 0.3) is 0 Å². The average molecular weight is 317 g/mol. The summed E-state index contributed by atoms with van der Waals surface area (Å²) in [7, 11) is 0. The number of nitrogen functional groups attached to an aromatic ring is 1. The van der Waals surface area contributed by atoms with Gasteiger partial charge in [0, 0.05) is 16.7 Å². The maximum Gasteiger partial charge on any atom is 0.198 e. The molecule has 0 aromatic heterocycles. The molecule has 0 radical (unpaired) electrons. The van der Waals surface area contributed by atoms with Crippen LogP contribution in [0, 0.1) is 17.0 Å². The summed E-state index contributed by atoms with van der Waals surface area (Å²) in [5.74, 6) is -3.06. The third-order valence-electron chi connectivity index (χ3n) is 2.41. The van der Waals surface area contributed by atoms with Crippen LogP contribution in [0.25, 0.3) is 0 Å². The molecule has 104 valence electrons. The van der Waals surface area contributed by atoms with Crippen LogP contribution in [0.15, 0.2) is 30.3 Å². The van der Waals surface area contributed by atoms with Crippen molar-refractivity contribution in [1.29, 1.82) is 5.41 Å². The Morgan fingerprint density at radius 2 is 1.70 bits per heavy atom. The van der Waals surface area contributed by atoms with Crippen molar-refractivity contribution in [3.8, 4) is 11.5 Å². The maximum absolute atomic E-state index is 13.8. The highest BCUT2D eigenvalue weighted by Crippen LogP contribution is 2.34. The third kappa shape index (κ3) is 3.00. The van der Waals surface area contributed by atoms with E-state index in [4.69, 9.17) is 39.1 Å². The molecule has 0 amide bonds. The first-order valence-corrected chi connectivity index (χ1v) is 6.10. The largest absolute Gasteiger partial charge is 0.450 e. The molecule has 2 aromatic rings. The van der Waals surface area contributed by atoms with Gasteiger partial charge in [0.05, 0.1) is 5.02 Å². The van der Waals surface area contributed by atoms with Gasteiger partial charge in [0.1, 0.15) is 11.6 Å². The van der Waals surface area contributed by atoms with Crippen LogP contribution >= 0.6 is 23.2 Å². The Morgan fingerprint density at radius 3 is 2.25 bits per heavy atom. The average Bonchev–Trinajstić information content (AvgIpc) is 2.37. The second kappa shape index (κ2) is 5.64. The lowest BCUT2D eigenvalue weighted by molar-refractivity contribution is 0.407. The number of benzene rings is 2. The van der Waals surface area contributed by atoms with E-state index in [9.17, 15) is 8.78 Å². The number of rotatable bonds is 3. The summed E-state index contributed by atoms with van der Waals surface area (Å²) in [6, 6.07) is 6.10. The molecule has 0 spiro atoms. The summed E-state index contributed by atoms with van der Waals surface area (Å²) in [6.45, 7) is 0. The molecular formula is C13H8Cl2F2N2O. The molecule has 0 aliphatic rings. The zero-order chi connectivity index (χ0) is 14.9. The van der Waals surface area contributed by atoms with Gasteiger partial charge < -0.3 is 10.5 Å². The zero-order valence-corrected chi connectivity index (χ0v) is 11.4. The lowest BCUT2D eigenvalue weighted by Gasteiger charge is -2.11. The van der Waals surface area contributed by atoms with Gasteiger partial charge in [-0.05, 0) is 24.3 Å². The molecule has 0 aliphatic heterocycles. The van der Waals surface area contributed by atoms with Gasteiger partial charge in [0.15, 0.2) is 17.4 Å². The molecule has 2 aromatic carbocycles. The van der Waals surface area contributed by atoms with Gasteiger partial charge in [-0.25, -0.2) is 8.78 Å². The Morgan fingerprint density at radius 1 is 1.10 bits per heavy atom. The van der Waals surface area contributed by atoms with Crippen molar-refractivity contribution in [2.45, 2.75) is 0 Å². The molecule has 0 atom stereocenters. The summed E-state index contributed by atoms with van der Waals surface area (Å²) in [4.78, 5) is 0. The molecule has 0 fully saturated rings. The minimum absolute atomic E-state index is 0.0209. The third-order valence-corrected chi connectivity index (χ3v) is 2.96. The fourth-order valence-corrected chi connectivity index (χ4v) is 1.80. The predicted molar refractivity (Wildman–Crippen MR) is 73.9 cm³/mol. The molecule has 7 heteroatoms. The Hall–Kier alpha value is -1.85. The van der Waals surface area contributed by atoms with E-state index in [0.29, 0.717) is 5.02 Å². The summed E-state index contributed by atoms with van der Waals surface area (Å²) >= 11 is 11.6. The smallest absolute Gasteiger partial charge is 0.198 e. The summed E-state index contributed by atoms with van der Waals surface area (Å²) in [6.07, 6.45) is 0.